The summed E-state index contributed by atoms with van der Waals surface area (Å²) < 4.78 is 5.34. The number of nitrogens with zero attached hydrogens (tertiary/aromatic N) is 4. The van der Waals surface area contributed by atoms with Crippen molar-refractivity contribution in [3.05, 3.63) is 35.0 Å². The summed E-state index contributed by atoms with van der Waals surface area (Å²) in [6.07, 6.45) is 1.67. The van der Waals surface area contributed by atoms with E-state index in [-0.39, 0.29) is 0 Å². The van der Waals surface area contributed by atoms with E-state index >= 15 is 0 Å². The van der Waals surface area contributed by atoms with Crippen LogP contribution in [0.3, 0.4) is 0 Å². The second kappa shape index (κ2) is 6.24. The van der Waals surface area contributed by atoms with Gasteiger partial charge in [0.2, 0.25) is 5.95 Å². The minimum absolute atomic E-state index is 0.457. The van der Waals surface area contributed by atoms with E-state index in [1.54, 1.807) is 6.20 Å². The fraction of sp³-hybridized carbons (Fsp3) is 0.357. The van der Waals surface area contributed by atoms with E-state index in [2.05, 4.69) is 25.4 Å². The number of halogens is 1. The Labute approximate surface area is 128 Å². The molecular formula is C14H16ClN5O. The first kappa shape index (κ1) is 14.0. The molecule has 6 nitrogen and oxygen atoms in total. The molecule has 0 atom stereocenters. The molecular weight excluding hydrogens is 290 g/mol. The van der Waals surface area contributed by atoms with Crippen LogP contribution in [0.2, 0.25) is 5.02 Å². The number of hydrogen-bond acceptors (Lipinski definition) is 6. The van der Waals surface area contributed by atoms with Crippen LogP contribution in [0.1, 0.15) is 5.56 Å². The van der Waals surface area contributed by atoms with Crippen LogP contribution < -0.4 is 10.2 Å². The van der Waals surface area contributed by atoms with Crippen molar-refractivity contribution in [2.75, 3.05) is 36.5 Å². The summed E-state index contributed by atoms with van der Waals surface area (Å²) >= 11 is 6.11. The Bertz CT molecular complexity index is 631. The van der Waals surface area contributed by atoms with Crippen molar-refractivity contribution in [3.63, 3.8) is 0 Å². The minimum atomic E-state index is 0.457. The molecule has 7 heteroatoms. The van der Waals surface area contributed by atoms with Crippen LogP contribution in [-0.2, 0) is 4.74 Å². The van der Waals surface area contributed by atoms with E-state index in [0.717, 1.165) is 30.2 Å². The lowest BCUT2D eigenvalue weighted by atomic mass is 10.2. The number of aryl methyl sites for hydroxylation is 1. The molecule has 1 aliphatic rings. The number of rotatable bonds is 3. The molecule has 1 aromatic carbocycles. The maximum atomic E-state index is 6.11. The van der Waals surface area contributed by atoms with Crippen LogP contribution in [0.4, 0.5) is 17.5 Å². The average Bonchev–Trinajstić information content (AvgIpc) is 2.52. The summed E-state index contributed by atoms with van der Waals surface area (Å²) in [4.78, 5) is 6.62. The summed E-state index contributed by atoms with van der Waals surface area (Å²) in [6.45, 7) is 5.01. The Kier molecular flexibility index (Phi) is 4.17. The first-order chi connectivity index (χ1) is 10.2. The normalized spacial score (nSPS) is 15.0. The van der Waals surface area contributed by atoms with Crippen molar-refractivity contribution < 1.29 is 4.74 Å². The van der Waals surface area contributed by atoms with Gasteiger partial charge in [0.1, 0.15) is 0 Å². The molecule has 2 aromatic rings. The molecule has 0 radical (unpaired) electrons. The maximum absolute atomic E-state index is 6.11. The third-order valence-electron chi connectivity index (χ3n) is 3.31. The average molecular weight is 306 g/mol. The van der Waals surface area contributed by atoms with Gasteiger partial charge in [-0.15, -0.1) is 5.10 Å². The van der Waals surface area contributed by atoms with Gasteiger partial charge in [0, 0.05) is 23.8 Å². The van der Waals surface area contributed by atoms with E-state index in [4.69, 9.17) is 16.3 Å². The van der Waals surface area contributed by atoms with Crippen LogP contribution in [0.5, 0.6) is 0 Å². The van der Waals surface area contributed by atoms with Crippen molar-refractivity contribution in [1.29, 1.82) is 0 Å². The Morgan fingerprint density at radius 3 is 2.86 bits per heavy atom. The van der Waals surface area contributed by atoms with Gasteiger partial charge >= 0.3 is 0 Å². The van der Waals surface area contributed by atoms with Crippen molar-refractivity contribution in [3.8, 4) is 0 Å². The number of nitrogens with one attached hydrogen (secondary N) is 1. The second-order valence-corrected chi connectivity index (χ2v) is 5.23. The predicted octanol–water partition coefficient (Wildman–Crippen LogP) is 2.41. The minimum Gasteiger partial charge on any atom is -0.378 e. The smallest absolute Gasteiger partial charge is 0.249 e. The molecule has 0 unspecified atom stereocenters. The van der Waals surface area contributed by atoms with E-state index in [0.29, 0.717) is 24.2 Å². The highest BCUT2D eigenvalue weighted by molar-refractivity contribution is 6.31. The quantitative estimate of drug-likeness (QED) is 0.939. The maximum Gasteiger partial charge on any atom is 0.249 e. The van der Waals surface area contributed by atoms with Gasteiger partial charge in [-0.1, -0.05) is 17.7 Å². The molecule has 0 saturated carbocycles. The molecule has 21 heavy (non-hydrogen) atoms. The van der Waals surface area contributed by atoms with Gasteiger partial charge in [-0.3, -0.25) is 0 Å². The monoisotopic (exact) mass is 305 g/mol. The SMILES string of the molecule is Cc1ccc(Nc2nncc(N3CCOCC3)n2)cc1Cl. The van der Waals surface area contributed by atoms with Crippen LogP contribution in [0, 0.1) is 6.92 Å². The molecule has 110 valence electrons. The first-order valence-electron chi connectivity index (χ1n) is 6.78. The van der Waals surface area contributed by atoms with E-state index < -0.39 is 0 Å². The fourth-order valence-corrected chi connectivity index (χ4v) is 2.27. The molecule has 2 heterocycles. The Hall–Kier alpha value is -1.92. The molecule has 3 rings (SSSR count). The molecule has 0 amide bonds. The standard InChI is InChI=1S/C14H16ClN5O/c1-10-2-3-11(8-12(10)15)17-14-18-13(9-16-19-14)20-4-6-21-7-5-20/h2-3,8-9H,4-7H2,1H3,(H,17,18,19). The van der Waals surface area contributed by atoms with Crippen LogP contribution in [-0.4, -0.2) is 41.5 Å². The van der Waals surface area contributed by atoms with Gasteiger partial charge in [-0.2, -0.15) is 10.1 Å². The zero-order valence-electron chi connectivity index (χ0n) is 11.7. The van der Waals surface area contributed by atoms with Crippen LogP contribution in [0.25, 0.3) is 0 Å². The van der Waals surface area contributed by atoms with Gasteiger partial charge in [0.15, 0.2) is 5.82 Å². The Balaban J connectivity index is 1.77. The third kappa shape index (κ3) is 3.40. The molecule has 0 aliphatic carbocycles. The predicted molar refractivity (Wildman–Crippen MR) is 82.3 cm³/mol. The molecule has 1 aliphatic heterocycles. The number of anilines is 3. The van der Waals surface area contributed by atoms with Crippen LogP contribution >= 0.6 is 11.6 Å². The molecule has 0 bridgehead atoms. The fourth-order valence-electron chi connectivity index (χ4n) is 2.09. The van der Waals surface area contributed by atoms with Crippen molar-refractivity contribution >= 4 is 29.1 Å². The lowest BCUT2D eigenvalue weighted by molar-refractivity contribution is 0.122. The van der Waals surface area contributed by atoms with Crippen molar-refractivity contribution in [1.82, 2.24) is 15.2 Å². The number of hydrogen-bond donors (Lipinski definition) is 1. The van der Waals surface area contributed by atoms with Crippen LogP contribution in [0.15, 0.2) is 24.4 Å². The largest absolute Gasteiger partial charge is 0.378 e. The van der Waals surface area contributed by atoms with Gasteiger partial charge in [0.25, 0.3) is 0 Å². The Morgan fingerprint density at radius 1 is 1.29 bits per heavy atom. The summed E-state index contributed by atoms with van der Waals surface area (Å²) in [5.74, 6) is 1.26. The lowest BCUT2D eigenvalue weighted by Crippen LogP contribution is -2.36. The number of benzene rings is 1. The lowest BCUT2D eigenvalue weighted by Gasteiger charge is -2.27. The number of aromatic nitrogens is 3. The van der Waals surface area contributed by atoms with E-state index in [1.807, 2.05) is 25.1 Å². The highest BCUT2D eigenvalue weighted by atomic mass is 35.5. The number of morpholine rings is 1. The second-order valence-electron chi connectivity index (χ2n) is 4.83. The van der Waals surface area contributed by atoms with E-state index in [1.165, 1.54) is 0 Å². The zero-order valence-corrected chi connectivity index (χ0v) is 12.5. The third-order valence-corrected chi connectivity index (χ3v) is 3.72. The summed E-state index contributed by atoms with van der Waals surface area (Å²) in [6, 6.07) is 5.73. The summed E-state index contributed by atoms with van der Waals surface area (Å²) in [7, 11) is 0. The summed E-state index contributed by atoms with van der Waals surface area (Å²) in [5.41, 5.74) is 1.87. The number of ether oxygens (including phenoxy) is 1. The Morgan fingerprint density at radius 2 is 2.10 bits per heavy atom. The highest BCUT2D eigenvalue weighted by Gasteiger charge is 2.13. The highest BCUT2D eigenvalue weighted by Crippen LogP contribution is 2.22. The van der Waals surface area contributed by atoms with Gasteiger partial charge < -0.3 is 15.0 Å². The molecule has 1 saturated heterocycles. The molecule has 0 spiro atoms. The topological polar surface area (TPSA) is 63.2 Å². The first-order valence-corrected chi connectivity index (χ1v) is 7.16. The molecule has 1 N–H and O–H groups in total. The zero-order chi connectivity index (χ0) is 14.7. The molecule has 1 aromatic heterocycles. The van der Waals surface area contributed by atoms with Crippen molar-refractivity contribution in [2.45, 2.75) is 6.92 Å². The van der Waals surface area contributed by atoms with E-state index in [9.17, 15) is 0 Å². The van der Waals surface area contributed by atoms with Gasteiger partial charge in [0.05, 0.1) is 19.4 Å². The van der Waals surface area contributed by atoms with Gasteiger partial charge in [-0.25, -0.2) is 0 Å². The van der Waals surface area contributed by atoms with Crippen molar-refractivity contribution in [2.24, 2.45) is 0 Å². The molecule has 1 fully saturated rings. The summed E-state index contributed by atoms with van der Waals surface area (Å²) in [5, 5.41) is 11.8. The van der Waals surface area contributed by atoms with Gasteiger partial charge in [-0.05, 0) is 24.6 Å².